The van der Waals surface area contributed by atoms with E-state index in [0.717, 1.165) is 10.8 Å². The summed E-state index contributed by atoms with van der Waals surface area (Å²) in [5, 5.41) is 2.14. The number of hydrogen-bond acceptors (Lipinski definition) is 5. The molecular formula is C19H11NO4. The predicted octanol–water partition coefficient (Wildman–Crippen LogP) is 3.74. The molecule has 0 N–H and O–H groups in total. The first-order valence-corrected chi connectivity index (χ1v) is 7.51. The van der Waals surface area contributed by atoms with E-state index in [0.29, 0.717) is 33.7 Å². The first-order chi connectivity index (χ1) is 11.8. The van der Waals surface area contributed by atoms with Gasteiger partial charge in [0, 0.05) is 17.0 Å². The van der Waals surface area contributed by atoms with E-state index in [9.17, 15) is 4.79 Å². The van der Waals surface area contributed by atoms with Crippen LogP contribution < -0.4 is 14.9 Å². The smallest absolute Gasteiger partial charge is 0.231 e. The van der Waals surface area contributed by atoms with Crippen molar-refractivity contribution >= 4 is 21.7 Å². The highest BCUT2D eigenvalue weighted by atomic mass is 16.7. The zero-order valence-corrected chi connectivity index (χ0v) is 12.5. The van der Waals surface area contributed by atoms with Gasteiger partial charge in [0.2, 0.25) is 12.2 Å². The van der Waals surface area contributed by atoms with Crippen molar-refractivity contribution in [1.82, 2.24) is 4.98 Å². The average Bonchev–Trinajstić information content (AvgIpc) is 3.11. The Bertz CT molecular complexity index is 1150. The summed E-state index contributed by atoms with van der Waals surface area (Å²) in [5.74, 6) is 1.35. The lowest BCUT2D eigenvalue weighted by atomic mass is 10.0. The summed E-state index contributed by atoms with van der Waals surface area (Å²) in [6.07, 6.45) is 3.12. The van der Waals surface area contributed by atoms with Crippen LogP contribution in [0.4, 0.5) is 0 Å². The molecule has 0 saturated carbocycles. The average molecular weight is 317 g/mol. The minimum atomic E-state index is -0.112. The second-order valence-electron chi connectivity index (χ2n) is 5.53. The summed E-state index contributed by atoms with van der Waals surface area (Å²) in [5.41, 5.74) is 1.45. The lowest BCUT2D eigenvalue weighted by Crippen LogP contribution is -2.06. The maximum Gasteiger partial charge on any atom is 0.231 e. The molecule has 0 saturated heterocycles. The van der Waals surface area contributed by atoms with Gasteiger partial charge in [-0.1, -0.05) is 6.07 Å². The summed E-state index contributed by atoms with van der Waals surface area (Å²) >= 11 is 0. The van der Waals surface area contributed by atoms with Gasteiger partial charge in [-0.25, -0.2) is 0 Å². The van der Waals surface area contributed by atoms with Crippen LogP contribution in [0.1, 0.15) is 0 Å². The van der Waals surface area contributed by atoms with Crippen molar-refractivity contribution in [2.45, 2.75) is 0 Å². The quantitative estimate of drug-likeness (QED) is 0.501. The molecule has 0 spiro atoms. The van der Waals surface area contributed by atoms with Crippen molar-refractivity contribution in [3.05, 3.63) is 65.1 Å². The predicted molar refractivity (Wildman–Crippen MR) is 89.3 cm³/mol. The molecule has 5 rings (SSSR count). The Labute approximate surface area is 136 Å². The number of benzene rings is 2. The summed E-state index contributed by atoms with van der Waals surface area (Å²) in [4.78, 5) is 17.3. The maximum absolute atomic E-state index is 13.1. The second kappa shape index (κ2) is 4.83. The van der Waals surface area contributed by atoms with Crippen molar-refractivity contribution in [3.63, 3.8) is 0 Å². The van der Waals surface area contributed by atoms with Crippen molar-refractivity contribution < 1.29 is 13.9 Å². The molecule has 24 heavy (non-hydrogen) atoms. The molecule has 2 aromatic carbocycles. The fourth-order valence-corrected chi connectivity index (χ4v) is 3.09. The van der Waals surface area contributed by atoms with Crippen LogP contribution in [0.3, 0.4) is 0 Å². The van der Waals surface area contributed by atoms with E-state index in [2.05, 4.69) is 4.98 Å². The standard InChI is InChI=1S/C19H11NO4/c21-18-13(14-3-1-2-8-20-14)9-22-15-6-5-12-11(17(15)18)4-7-16-19(12)24-10-23-16/h1-9H,10H2. The van der Waals surface area contributed by atoms with E-state index in [1.54, 1.807) is 18.3 Å². The van der Waals surface area contributed by atoms with Crippen LogP contribution in [-0.4, -0.2) is 11.8 Å². The molecule has 3 heterocycles. The minimum absolute atomic E-state index is 0.112. The Balaban J connectivity index is 1.90. The van der Waals surface area contributed by atoms with Gasteiger partial charge in [-0.15, -0.1) is 0 Å². The maximum atomic E-state index is 13.1. The van der Waals surface area contributed by atoms with Crippen molar-refractivity contribution in [2.24, 2.45) is 0 Å². The largest absolute Gasteiger partial charge is 0.463 e. The van der Waals surface area contributed by atoms with Crippen LogP contribution in [0.25, 0.3) is 33.0 Å². The Morgan fingerprint density at radius 3 is 2.75 bits per heavy atom. The van der Waals surface area contributed by atoms with Crippen LogP contribution in [0.5, 0.6) is 11.5 Å². The number of hydrogen-bond donors (Lipinski definition) is 0. The van der Waals surface area contributed by atoms with Gasteiger partial charge in [0.05, 0.1) is 16.6 Å². The third-order valence-electron chi connectivity index (χ3n) is 4.21. The summed E-state index contributed by atoms with van der Waals surface area (Å²) < 4.78 is 16.6. The van der Waals surface area contributed by atoms with Crippen LogP contribution in [0, 0.1) is 0 Å². The zero-order chi connectivity index (χ0) is 16.1. The molecular weight excluding hydrogens is 306 g/mol. The highest BCUT2D eigenvalue weighted by Gasteiger charge is 2.20. The number of ether oxygens (including phenoxy) is 2. The van der Waals surface area contributed by atoms with Gasteiger partial charge in [0.25, 0.3) is 0 Å². The molecule has 116 valence electrons. The normalized spacial score (nSPS) is 12.8. The minimum Gasteiger partial charge on any atom is -0.463 e. The molecule has 4 aromatic rings. The second-order valence-corrected chi connectivity index (χ2v) is 5.53. The molecule has 0 radical (unpaired) electrons. The van der Waals surface area contributed by atoms with Crippen LogP contribution in [-0.2, 0) is 0 Å². The molecule has 5 heteroatoms. The zero-order valence-electron chi connectivity index (χ0n) is 12.5. The fourth-order valence-electron chi connectivity index (χ4n) is 3.09. The van der Waals surface area contributed by atoms with Crippen molar-refractivity contribution in [1.29, 1.82) is 0 Å². The number of rotatable bonds is 1. The van der Waals surface area contributed by atoms with Gasteiger partial charge in [-0.3, -0.25) is 9.78 Å². The van der Waals surface area contributed by atoms with E-state index in [1.165, 1.54) is 6.26 Å². The lowest BCUT2D eigenvalue weighted by molar-refractivity contribution is 0.175. The summed E-state index contributed by atoms with van der Waals surface area (Å²) in [6, 6.07) is 12.8. The monoisotopic (exact) mass is 317 g/mol. The van der Waals surface area contributed by atoms with E-state index >= 15 is 0 Å². The molecule has 0 unspecified atom stereocenters. The van der Waals surface area contributed by atoms with E-state index < -0.39 is 0 Å². The highest BCUT2D eigenvalue weighted by Crippen LogP contribution is 2.40. The van der Waals surface area contributed by atoms with Gasteiger partial charge in [0.15, 0.2) is 11.5 Å². The van der Waals surface area contributed by atoms with Crippen LogP contribution in [0.2, 0.25) is 0 Å². The summed E-state index contributed by atoms with van der Waals surface area (Å²) in [6.45, 7) is 0.190. The Kier molecular flexibility index (Phi) is 2.64. The first-order valence-electron chi connectivity index (χ1n) is 7.51. The van der Waals surface area contributed by atoms with Gasteiger partial charge >= 0.3 is 0 Å². The number of pyridine rings is 1. The van der Waals surface area contributed by atoms with E-state index in [-0.39, 0.29) is 12.2 Å². The molecule has 0 aliphatic carbocycles. The molecule has 1 aliphatic heterocycles. The fraction of sp³-hybridized carbons (Fsp3) is 0.0526. The number of aromatic nitrogens is 1. The molecule has 0 atom stereocenters. The van der Waals surface area contributed by atoms with E-state index in [1.807, 2.05) is 30.3 Å². The Hall–Kier alpha value is -3.34. The lowest BCUT2D eigenvalue weighted by Gasteiger charge is -2.07. The molecule has 0 amide bonds. The first kappa shape index (κ1) is 13.1. The number of fused-ring (bicyclic) bond motifs is 5. The number of nitrogens with zero attached hydrogens (tertiary/aromatic N) is 1. The molecule has 1 aliphatic rings. The molecule has 0 bridgehead atoms. The van der Waals surface area contributed by atoms with Gasteiger partial charge in [-0.05, 0) is 36.4 Å². The Morgan fingerprint density at radius 2 is 1.88 bits per heavy atom. The van der Waals surface area contributed by atoms with E-state index in [4.69, 9.17) is 13.9 Å². The van der Waals surface area contributed by atoms with Gasteiger partial charge in [-0.2, -0.15) is 0 Å². The van der Waals surface area contributed by atoms with Crippen LogP contribution in [0.15, 0.2) is 64.1 Å². The molecule has 2 aromatic heterocycles. The van der Waals surface area contributed by atoms with Crippen LogP contribution >= 0.6 is 0 Å². The topological polar surface area (TPSA) is 61.6 Å². The van der Waals surface area contributed by atoms with Crippen molar-refractivity contribution in [2.75, 3.05) is 6.79 Å². The molecule has 0 fully saturated rings. The van der Waals surface area contributed by atoms with Gasteiger partial charge in [0.1, 0.15) is 11.8 Å². The van der Waals surface area contributed by atoms with Crippen molar-refractivity contribution in [3.8, 4) is 22.8 Å². The third-order valence-corrected chi connectivity index (χ3v) is 4.21. The molecule has 5 nitrogen and oxygen atoms in total. The Morgan fingerprint density at radius 1 is 0.958 bits per heavy atom. The van der Waals surface area contributed by atoms with Gasteiger partial charge < -0.3 is 13.9 Å². The SMILES string of the molecule is O=c1c(-c2ccccn2)coc2ccc3c4c(ccc3c12)OCO4. The highest BCUT2D eigenvalue weighted by molar-refractivity contribution is 6.09. The third kappa shape index (κ3) is 1.75. The summed E-state index contributed by atoms with van der Waals surface area (Å²) in [7, 11) is 0.